The predicted octanol–water partition coefficient (Wildman–Crippen LogP) is 3.69. The van der Waals surface area contributed by atoms with E-state index in [1.807, 2.05) is 0 Å². The normalized spacial score (nSPS) is 18.4. The van der Waals surface area contributed by atoms with Gasteiger partial charge in [-0.25, -0.2) is 0 Å². The van der Waals surface area contributed by atoms with Crippen LogP contribution in [-0.2, 0) is 6.54 Å². The molecule has 0 heterocycles. The first-order chi connectivity index (χ1) is 9.42. The van der Waals surface area contributed by atoms with Crippen LogP contribution in [0.1, 0.15) is 31.2 Å². The molecule has 0 aliphatic heterocycles. The van der Waals surface area contributed by atoms with E-state index in [2.05, 4.69) is 5.32 Å². The van der Waals surface area contributed by atoms with Crippen molar-refractivity contribution >= 4 is 11.8 Å². The number of nitrogens with one attached hydrogen (secondary N) is 1. The second-order valence-electron chi connectivity index (χ2n) is 5.19. The molecule has 0 saturated heterocycles. The highest BCUT2D eigenvalue weighted by Gasteiger charge is 2.32. The molecule has 1 aliphatic rings. The average Bonchev–Trinajstić information content (AvgIpc) is 2.86. The number of aliphatic hydroxyl groups excluding tert-OH is 1. The van der Waals surface area contributed by atoms with Crippen LogP contribution in [0.5, 0.6) is 0 Å². The van der Waals surface area contributed by atoms with E-state index in [9.17, 15) is 18.3 Å². The molecule has 0 aromatic heterocycles. The van der Waals surface area contributed by atoms with Gasteiger partial charge in [-0.15, -0.1) is 0 Å². The molecule has 1 aliphatic carbocycles. The Balaban J connectivity index is 1.90. The molecule has 2 rings (SSSR count). The molecule has 112 valence electrons. The smallest absolute Gasteiger partial charge is 0.394 e. The zero-order chi connectivity index (χ0) is 14.6. The van der Waals surface area contributed by atoms with Crippen molar-refractivity contribution < 1.29 is 18.3 Å². The molecular weight excluding hydrogens is 287 g/mol. The Kier molecular flexibility index (Phi) is 4.99. The van der Waals surface area contributed by atoms with Gasteiger partial charge in [-0.1, -0.05) is 25.0 Å². The van der Waals surface area contributed by atoms with E-state index in [1.54, 1.807) is 12.1 Å². The minimum absolute atomic E-state index is 0.104. The van der Waals surface area contributed by atoms with Crippen molar-refractivity contribution in [2.24, 2.45) is 0 Å². The average molecular weight is 305 g/mol. The Morgan fingerprint density at radius 2 is 1.75 bits per heavy atom. The molecule has 20 heavy (non-hydrogen) atoms. The Hall–Kier alpha value is -0.720. The summed E-state index contributed by atoms with van der Waals surface area (Å²) >= 11 is -0.104. The molecule has 0 atom stereocenters. The third-order valence-corrected chi connectivity index (χ3v) is 4.43. The fraction of sp³-hybridized carbons (Fsp3) is 0.571. The van der Waals surface area contributed by atoms with Gasteiger partial charge >= 0.3 is 5.51 Å². The second kappa shape index (κ2) is 6.37. The van der Waals surface area contributed by atoms with E-state index in [4.69, 9.17) is 0 Å². The van der Waals surface area contributed by atoms with E-state index in [-0.39, 0.29) is 28.8 Å². The summed E-state index contributed by atoms with van der Waals surface area (Å²) in [6.07, 6.45) is 4.11. The summed E-state index contributed by atoms with van der Waals surface area (Å²) in [5.41, 5.74) is -3.53. The molecule has 0 amide bonds. The van der Waals surface area contributed by atoms with Gasteiger partial charge in [0, 0.05) is 17.0 Å². The Morgan fingerprint density at radius 3 is 2.25 bits per heavy atom. The lowest BCUT2D eigenvalue weighted by molar-refractivity contribution is -0.0328. The fourth-order valence-electron chi connectivity index (χ4n) is 2.54. The Bertz CT molecular complexity index is 427. The first-order valence-corrected chi connectivity index (χ1v) is 7.45. The highest BCUT2D eigenvalue weighted by Crippen LogP contribution is 2.36. The molecule has 1 aromatic carbocycles. The van der Waals surface area contributed by atoms with Gasteiger partial charge < -0.3 is 10.4 Å². The topological polar surface area (TPSA) is 32.3 Å². The number of hydrogen-bond donors (Lipinski definition) is 2. The van der Waals surface area contributed by atoms with Crippen molar-refractivity contribution in [3.8, 4) is 0 Å². The Labute approximate surface area is 120 Å². The monoisotopic (exact) mass is 305 g/mol. The molecule has 6 heteroatoms. The van der Waals surface area contributed by atoms with Gasteiger partial charge in [0.25, 0.3) is 0 Å². The second-order valence-corrected chi connectivity index (χ2v) is 6.33. The number of hydrogen-bond acceptors (Lipinski definition) is 3. The van der Waals surface area contributed by atoms with Gasteiger partial charge in [-0.3, -0.25) is 0 Å². The number of benzene rings is 1. The van der Waals surface area contributed by atoms with Crippen LogP contribution >= 0.6 is 11.8 Å². The highest BCUT2D eigenvalue weighted by molar-refractivity contribution is 8.00. The van der Waals surface area contributed by atoms with Crippen molar-refractivity contribution in [2.75, 3.05) is 6.61 Å². The SMILES string of the molecule is OCC1(NCc2ccc(SC(F)(F)F)cc2)CCCC1. The van der Waals surface area contributed by atoms with Gasteiger partial charge in [0.05, 0.1) is 6.61 Å². The van der Waals surface area contributed by atoms with Crippen LogP contribution in [-0.4, -0.2) is 22.8 Å². The maximum atomic E-state index is 12.2. The summed E-state index contributed by atoms with van der Waals surface area (Å²) in [5, 5.41) is 12.8. The molecule has 0 unspecified atom stereocenters. The largest absolute Gasteiger partial charge is 0.446 e. The van der Waals surface area contributed by atoms with E-state index in [0.29, 0.717) is 6.54 Å². The standard InChI is InChI=1S/C14H18F3NOS/c15-14(16,17)20-12-5-3-11(4-6-12)9-18-13(10-19)7-1-2-8-13/h3-6,18-19H,1-2,7-10H2. The maximum absolute atomic E-state index is 12.2. The third kappa shape index (κ3) is 4.40. The van der Waals surface area contributed by atoms with Gasteiger partial charge in [0.1, 0.15) is 0 Å². The summed E-state index contributed by atoms with van der Waals surface area (Å²) in [6.45, 7) is 0.673. The van der Waals surface area contributed by atoms with Crippen LogP contribution in [0.25, 0.3) is 0 Å². The van der Waals surface area contributed by atoms with Gasteiger partial charge in [-0.05, 0) is 42.3 Å². The van der Waals surface area contributed by atoms with E-state index in [1.165, 1.54) is 12.1 Å². The van der Waals surface area contributed by atoms with E-state index in [0.717, 1.165) is 31.2 Å². The van der Waals surface area contributed by atoms with Gasteiger partial charge in [-0.2, -0.15) is 13.2 Å². The molecule has 0 radical (unpaired) electrons. The van der Waals surface area contributed by atoms with Crippen molar-refractivity contribution in [3.05, 3.63) is 29.8 Å². The maximum Gasteiger partial charge on any atom is 0.446 e. The molecule has 1 saturated carbocycles. The zero-order valence-corrected chi connectivity index (χ0v) is 11.9. The summed E-state index contributed by atoms with van der Waals surface area (Å²) in [5.74, 6) is 0. The lowest BCUT2D eigenvalue weighted by atomic mass is 9.98. The lowest BCUT2D eigenvalue weighted by Crippen LogP contribution is -2.45. The highest BCUT2D eigenvalue weighted by atomic mass is 32.2. The molecule has 2 N–H and O–H groups in total. The van der Waals surface area contributed by atoms with Crippen LogP contribution in [0.2, 0.25) is 0 Å². The van der Waals surface area contributed by atoms with Crippen LogP contribution in [0.4, 0.5) is 13.2 Å². The summed E-state index contributed by atoms with van der Waals surface area (Å²) in [6, 6.07) is 6.35. The van der Waals surface area contributed by atoms with Gasteiger partial charge in [0.15, 0.2) is 0 Å². The molecule has 1 aromatic rings. The number of thioether (sulfide) groups is 1. The minimum atomic E-state index is -4.25. The summed E-state index contributed by atoms with van der Waals surface area (Å²) in [7, 11) is 0. The van der Waals surface area contributed by atoms with Crippen LogP contribution in [0, 0.1) is 0 Å². The lowest BCUT2D eigenvalue weighted by Gasteiger charge is -2.28. The predicted molar refractivity (Wildman–Crippen MR) is 73.5 cm³/mol. The number of alkyl halides is 3. The Morgan fingerprint density at radius 1 is 1.15 bits per heavy atom. The zero-order valence-electron chi connectivity index (χ0n) is 11.0. The van der Waals surface area contributed by atoms with Crippen molar-refractivity contribution in [1.29, 1.82) is 0 Å². The number of aliphatic hydroxyl groups is 1. The molecule has 0 bridgehead atoms. The summed E-state index contributed by atoms with van der Waals surface area (Å²) in [4.78, 5) is 0.194. The molecular formula is C14H18F3NOS. The van der Waals surface area contributed by atoms with Crippen molar-refractivity contribution in [3.63, 3.8) is 0 Å². The van der Waals surface area contributed by atoms with Gasteiger partial charge in [0.2, 0.25) is 0 Å². The third-order valence-electron chi connectivity index (χ3n) is 3.69. The minimum Gasteiger partial charge on any atom is -0.394 e. The van der Waals surface area contributed by atoms with Crippen LogP contribution in [0.15, 0.2) is 29.2 Å². The number of halogens is 3. The fourth-order valence-corrected chi connectivity index (χ4v) is 3.08. The van der Waals surface area contributed by atoms with E-state index < -0.39 is 5.51 Å². The quantitative estimate of drug-likeness (QED) is 0.814. The first kappa shape index (κ1) is 15.7. The number of rotatable bonds is 5. The molecule has 0 spiro atoms. The first-order valence-electron chi connectivity index (χ1n) is 6.63. The molecule has 1 fully saturated rings. The van der Waals surface area contributed by atoms with Crippen LogP contribution < -0.4 is 5.32 Å². The van der Waals surface area contributed by atoms with Crippen molar-refractivity contribution in [2.45, 2.75) is 48.2 Å². The van der Waals surface area contributed by atoms with Crippen molar-refractivity contribution in [1.82, 2.24) is 5.32 Å². The van der Waals surface area contributed by atoms with Crippen LogP contribution in [0.3, 0.4) is 0 Å². The van der Waals surface area contributed by atoms with E-state index >= 15 is 0 Å². The molecule has 2 nitrogen and oxygen atoms in total. The summed E-state index contributed by atoms with van der Waals surface area (Å²) < 4.78 is 36.6.